The van der Waals surface area contributed by atoms with Crippen LogP contribution in [0.25, 0.3) is 11.0 Å². The molecule has 2 nitrogen and oxygen atoms in total. The van der Waals surface area contributed by atoms with Crippen LogP contribution in [0, 0.1) is 3.83 Å². The number of nitrogens with zero attached hydrogens (tertiary/aromatic N) is 2. The second-order valence-electron chi connectivity index (χ2n) is 3.94. The lowest BCUT2D eigenvalue weighted by Crippen LogP contribution is -2.01. The van der Waals surface area contributed by atoms with Crippen LogP contribution in [0.3, 0.4) is 0 Å². The number of imidazole rings is 1. The van der Waals surface area contributed by atoms with Crippen LogP contribution in [0.2, 0.25) is 0 Å². The monoisotopic (exact) mass is 334 g/mol. The standard InChI is InChI=1S/C14H11IN2/c15-14-16-12-8-4-5-9-13(12)17(14)10-11-6-2-1-3-7-11/h1-9H,10H2. The molecule has 0 bridgehead atoms. The third kappa shape index (κ3) is 2.07. The van der Waals surface area contributed by atoms with E-state index in [-0.39, 0.29) is 0 Å². The first kappa shape index (κ1) is 10.8. The first-order valence-corrected chi connectivity index (χ1v) is 6.57. The maximum atomic E-state index is 4.56. The predicted molar refractivity (Wildman–Crippen MR) is 78.0 cm³/mol. The molecule has 0 aliphatic rings. The van der Waals surface area contributed by atoms with Crippen molar-refractivity contribution in [2.24, 2.45) is 0 Å². The van der Waals surface area contributed by atoms with Gasteiger partial charge in [0.1, 0.15) is 0 Å². The van der Waals surface area contributed by atoms with E-state index in [1.54, 1.807) is 0 Å². The molecule has 0 unspecified atom stereocenters. The normalized spacial score (nSPS) is 10.9. The smallest absolute Gasteiger partial charge is 0.172 e. The lowest BCUT2D eigenvalue weighted by atomic mass is 10.2. The lowest BCUT2D eigenvalue weighted by Gasteiger charge is -2.05. The molecule has 1 heterocycles. The highest BCUT2D eigenvalue weighted by molar-refractivity contribution is 14.1. The van der Waals surface area contributed by atoms with Crippen molar-refractivity contribution >= 4 is 33.6 Å². The molecule has 0 saturated heterocycles. The summed E-state index contributed by atoms with van der Waals surface area (Å²) in [5.41, 5.74) is 3.56. The van der Waals surface area contributed by atoms with Crippen LogP contribution in [-0.2, 0) is 6.54 Å². The molecule has 0 saturated carbocycles. The van der Waals surface area contributed by atoms with Crippen LogP contribution < -0.4 is 0 Å². The summed E-state index contributed by atoms with van der Waals surface area (Å²) in [6, 6.07) is 18.7. The van der Waals surface area contributed by atoms with Gasteiger partial charge < -0.3 is 4.57 Å². The van der Waals surface area contributed by atoms with Gasteiger partial charge in [-0.1, -0.05) is 42.5 Å². The number of fused-ring (bicyclic) bond motifs is 1. The van der Waals surface area contributed by atoms with Gasteiger partial charge in [0.2, 0.25) is 0 Å². The molecule has 2 aromatic carbocycles. The zero-order valence-electron chi connectivity index (χ0n) is 9.18. The molecule has 0 radical (unpaired) electrons. The van der Waals surface area contributed by atoms with Crippen LogP contribution in [-0.4, -0.2) is 9.55 Å². The molecule has 84 valence electrons. The van der Waals surface area contributed by atoms with Crippen LogP contribution in [0.1, 0.15) is 5.56 Å². The van der Waals surface area contributed by atoms with Crippen molar-refractivity contribution in [3.8, 4) is 0 Å². The topological polar surface area (TPSA) is 17.8 Å². The molecule has 3 aromatic rings. The quantitative estimate of drug-likeness (QED) is 0.654. The van der Waals surface area contributed by atoms with Crippen molar-refractivity contribution in [1.82, 2.24) is 9.55 Å². The van der Waals surface area contributed by atoms with Gasteiger partial charge in [0, 0.05) is 0 Å². The van der Waals surface area contributed by atoms with Crippen molar-refractivity contribution < 1.29 is 0 Å². The summed E-state index contributed by atoms with van der Waals surface area (Å²) < 4.78 is 3.28. The van der Waals surface area contributed by atoms with E-state index in [0.717, 1.165) is 15.9 Å². The Kier molecular flexibility index (Phi) is 2.84. The molecular weight excluding hydrogens is 323 g/mol. The van der Waals surface area contributed by atoms with Gasteiger partial charge in [-0.15, -0.1) is 0 Å². The average molecular weight is 334 g/mol. The maximum absolute atomic E-state index is 4.56. The molecule has 0 aliphatic carbocycles. The Labute approximate surface area is 113 Å². The van der Waals surface area contributed by atoms with Crippen LogP contribution in [0.4, 0.5) is 0 Å². The zero-order chi connectivity index (χ0) is 11.7. The van der Waals surface area contributed by atoms with Gasteiger partial charge in [-0.05, 0) is 40.3 Å². The first-order valence-electron chi connectivity index (χ1n) is 5.49. The van der Waals surface area contributed by atoms with Gasteiger partial charge in [-0.3, -0.25) is 0 Å². The van der Waals surface area contributed by atoms with Gasteiger partial charge in [-0.25, -0.2) is 4.98 Å². The largest absolute Gasteiger partial charge is 0.315 e. The number of para-hydroxylation sites is 2. The fourth-order valence-corrected chi connectivity index (χ4v) is 2.65. The summed E-state index contributed by atoms with van der Waals surface area (Å²) in [6.45, 7) is 0.875. The SMILES string of the molecule is Ic1nc2ccccc2n1Cc1ccccc1. The molecule has 0 aliphatic heterocycles. The summed E-state index contributed by atoms with van der Waals surface area (Å²) in [5.74, 6) is 0. The van der Waals surface area contributed by atoms with Crippen LogP contribution in [0.15, 0.2) is 54.6 Å². The van der Waals surface area contributed by atoms with Crippen molar-refractivity contribution in [3.63, 3.8) is 0 Å². The second kappa shape index (κ2) is 4.49. The Balaban J connectivity index is 2.08. The Bertz CT molecular complexity index is 644. The number of benzene rings is 2. The highest BCUT2D eigenvalue weighted by Gasteiger charge is 2.07. The molecule has 0 amide bonds. The van der Waals surface area contributed by atoms with Gasteiger partial charge in [0.15, 0.2) is 3.83 Å². The number of rotatable bonds is 2. The first-order chi connectivity index (χ1) is 8.34. The highest BCUT2D eigenvalue weighted by Crippen LogP contribution is 2.18. The molecule has 0 atom stereocenters. The fraction of sp³-hybridized carbons (Fsp3) is 0.0714. The van der Waals surface area contributed by atoms with E-state index >= 15 is 0 Å². The van der Waals surface area contributed by atoms with E-state index < -0.39 is 0 Å². The van der Waals surface area contributed by atoms with Gasteiger partial charge in [0.25, 0.3) is 0 Å². The Morgan fingerprint density at radius 3 is 2.47 bits per heavy atom. The van der Waals surface area contributed by atoms with E-state index in [4.69, 9.17) is 0 Å². The van der Waals surface area contributed by atoms with Gasteiger partial charge in [0.05, 0.1) is 17.6 Å². The molecule has 1 aromatic heterocycles. The van der Waals surface area contributed by atoms with Gasteiger partial charge in [-0.2, -0.15) is 0 Å². The number of halogens is 1. The Morgan fingerprint density at radius 1 is 0.941 bits per heavy atom. The van der Waals surface area contributed by atoms with E-state index in [2.05, 4.69) is 74.6 Å². The number of hydrogen-bond donors (Lipinski definition) is 0. The fourth-order valence-electron chi connectivity index (χ4n) is 1.96. The summed E-state index contributed by atoms with van der Waals surface area (Å²) >= 11 is 2.29. The molecule has 17 heavy (non-hydrogen) atoms. The third-order valence-corrected chi connectivity index (χ3v) is 3.62. The summed E-state index contributed by atoms with van der Waals surface area (Å²) in [4.78, 5) is 4.56. The maximum Gasteiger partial charge on any atom is 0.172 e. The van der Waals surface area contributed by atoms with Crippen molar-refractivity contribution in [2.75, 3.05) is 0 Å². The van der Waals surface area contributed by atoms with Gasteiger partial charge >= 0.3 is 0 Å². The number of hydrogen-bond acceptors (Lipinski definition) is 1. The molecule has 0 spiro atoms. The lowest BCUT2D eigenvalue weighted by molar-refractivity contribution is 0.798. The van der Waals surface area contributed by atoms with E-state index in [0.29, 0.717) is 0 Å². The molecule has 0 N–H and O–H groups in total. The Hall–Kier alpha value is -1.36. The molecule has 3 rings (SSSR count). The third-order valence-electron chi connectivity index (χ3n) is 2.79. The summed E-state index contributed by atoms with van der Waals surface area (Å²) in [7, 11) is 0. The average Bonchev–Trinajstić information content (AvgIpc) is 2.68. The highest BCUT2D eigenvalue weighted by atomic mass is 127. The molecule has 0 fully saturated rings. The van der Waals surface area contributed by atoms with Crippen molar-refractivity contribution in [2.45, 2.75) is 6.54 Å². The Morgan fingerprint density at radius 2 is 1.65 bits per heavy atom. The zero-order valence-corrected chi connectivity index (χ0v) is 11.3. The van der Waals surface area contributed by atoms with Crippen molar-refractivity contribution in [3.05, 3.63) is 64.0 Å². The van der Waals surface area contributed by atoms with E-state index in [9.17, 15) is 0 Å². The summed E-state index contributed by atoms with van der Waals surface area (Å²) in [6.07, 6.45) is 0. The van der Waals surface area contributed by atoms with Crippen LogP contribution >= 0.6 is 22.6 Å². The number of aromatic nitrogens is 2. The predicted octanol–water partition coefficient (Wildman–Crippen LogP) is 3.69. The van der Waals surface area contributed by atoms with Crippen LogP contribution in [0.5, 0.6) is 0 Å². The van der Waals surface area contributed by atoms with E-state index in [1.165, 1.54) is 11.1 Å². The minimum absolute atomic E-state index is 0.875. The minimum Gasteiger partial charge on any atom is -0.315 e. The second-order valence-corrected chi connectivity index (χ2v) is 4.91. The van der Waals surface area contributed by atoms with Crippen molar-refractivity contribution in [1.29, 1.82) is 0 Å². The van der Waals surface area contributed by atoms with E-state index in [1.807, 2.05) is 12.1 Å². The minimum atomic E-state index is 0.875. The molecule has 3 heteroatoms. The summed E-state index contributed by atoms with van der Waals surface area (Å²) in [5, 5.41) is 0. The molecular formula is C14H11IN2.